The summed E-state index contributed by atoms with van der Waals surface area (Å²) in [6.45, 7) is 12.5. The van der Waals surface area contributed by atoms with Gasteiger partial charge in [0.25, 0.3) is 0 Å². The molecule has 17 heteroatoms. The molecule has 356 valence electrons. The summed E-state index contributed by atoms with van der Waals surface area (Å²) in [5.74, 6) is 1.92. The zero-order chi connectivity index (χ0) is 44.4. The Morgan fingerprint density at radius 3 is 1.82 bits per heavy atom. The van der Waals surface area contributed by atoms with Crippen LogP contribution in [-0.2, 0) is 37.9 Å². The lowest BCUT2D eigenvalue weighted by Gasteiger charge is -2.62. The molecule has 9 fully saturated rings. The number of rotatable bonds is 7. The van der Waals surface area contributed by atoms with E-state index in [1.165, 1.54) is 13.8 Å². The van der Waals surface area contributed by atoms with Crippen LogP contribution in [-0.4, -0.2) is 175 Å². The first-order valence-corrected chi connectivity index (χ1v) is 23.6. The van der Waals surface area contributed by atoms with Gasteiger partial charge in [0.2, 0.25) is 0 Å². The average Bonchev–Trinajstić information content (AvgIpc) is 3.69. The third-order valence-corrected chi connectivity index (χ3v) is 18.2. The first kappa shape index (κ1) is 46.4. The summed E-state index contributed by atoms with van der Waals surface area (Å²) in [6, 6.07) is 0. The Balaban J connectivity index is 0.913. The molecule has 0 aromatic carbocycles. The van der Waals surface area contributed by atoms with Crippen LogP contribution in [0.15, 0.2) is 0 Å². The normalized spacial score (nSPS) is 60.1. The summed E-state index contributed by atoms with van der Waals surface area (Å²) >= 11 is 0. The molecule has 5 aliphatic heterocycles. The SMILES string of the molecule is CC1CCC2(OC1)OC1CC3C4CC(O)C5CC(OC6OC(CO)C(OC7OC(C)C(O)C(O)C7O)C(O)C6OC6OC(C)C(O)C(O)C6O)CCC5(C)C4CCC3(C)C1C2C. The van der Waals surface area contributed by atoms with Crippen molar-refractivity contribution < 1.29 is 83.9 Å². The quantitative estimate of drug-likeness (QED) is 0.156. The second-order valence-electron chi connectivity index (χ2n) is 21.6. The number of hydrogen-bond acceptors (Lipinski definition) is 17. The summed E-state index contributed by atoms with van der Waals surface area (Å²) in [7, 11) is 0. The Morgan fingerprint density at radius 1 is 0.581 bits per heavy atom. The van der Waals surface area contributed by atoms with E-state index in [1.54, 1.807) is 0 Å². The van der Waals surface area contributed by atoms with Crippen LogP contribution in [0.5, 0.6) is 0 Å². The van der Waals surface area contributed by atoms with Gasteiger partial charge in [-0.1, -0.05) is 27.7 Å². The third kappa shape index (κ3) is 7.47. The average molecular weight is 887 g/mol. The van der Waals surface area contributed by atoms with E-state index in [-0.39, 0.29) is 22.9 Å². The van der Waals surface area contributed by atoms with Crippen LogP contribution in [0.2, 0.25) is 0 Å². The van der Waals surface area contributed by atoms with Crippen molar-refractivity contribution >= 4 is 0 Å². The lowest BCUT2D eigenvalue weighted by molar-refractivity contribution is -0.389. The number of hydrogen-bond donors (Lipinski definition) is 9. The molecule has 0 radical (unpaired) electrons. The van der Waals surface area contributed by atoms with Crippen LogP contribution in [0.3, 0.4) is 0 Å². The standard InChI is InChI=1S/C45H74O17/c1-18-7-12-45(55-17-18)19(2)30-28(62-45)15-25-23-14-27(47)26-13-22(8-10-43(26,5)24(23)9-11-44(25,30)6)58-42-39(61-41-36(53)34(51)32(49)21(4)57-41)37(54)38(29(16-46)59-42)60-40-35(52)33(50)31(48)20(3)56-40/h18-42,46-54H,7-17H2,1-6H3. The second-order valence-corrected chi connectivity index (χ2v) is 21.6. The molecule has 17 nitrogen and oxygen atoms in total. The predicted molar refractivity (Wildman–Crippen MR) is 214 cm³/mol. The fraction of sp³-hybridized carbons (Fsp3) is 1.00. The molecule has 0 aromatic rings. The van der Waals surface area contributed by atoms with Gasteiger partial charge in [0.15, 0.2) is 24.7 Å². The highest BCUT2D eigenvalue weighted by Gasteiger charge is 2.70. The Hall–Kier alpha value is -0.680. The topological polar surface area (TPSA) is 256 Å². The molecule has 0 aromatic heterocycles. The highest BCUT2D eigenvalue weighted by atomic mass is 16.8. The maximum atomic E-state index is 12.2. The number of aliphatic hydroxyl groups is 9. The number of ether oxygens (including phenoxy) is 8. The van der Waals surface area contributed by atoms with Crippen molar-refractivity contribution in [3.05, 3.63) is 0 Å². The van der Waals surface area contributed by atoms with Crippen molar-refractivity contribution in [1.82, 2.24) is 0 Å². The van der Waals surface area contributed by atoms with Gasteiger partial charge in [-0.2, -0.15) is 0 Å². The highest BCUT2D eigenvalue weighted by Crippen LogP contribution is 2.71. The molecule has 28 atom stereocenters. The molecule has 0 amide bonds. The van der Waals surface area contributed by atoms with Crippen LogP contribution in [0.4, 0.5) is 0 Å². The van der Waals surface area contributed by atoms with E-state index in [0.29, 0.717) is 54.8 Å². The van der Waals surface area contributed by atoms with E-state index in [0.717, 1.165) is 45.1 Å². The molecular weight excluding hydrogens is 812 g/mol. The molecule has 0 bridgehead atoms. The van der Waals surface area contributed by atoms with Crippen molar-refractivity contribution in [2.24, 2.45) is 52.3 Å². The molecule has 1 spiro atoms. The van der Waals surface area contributed by atoms with Gasteiger partial charge in [0.1, 0.15) is 61.0 Å². The van der Waals surface area contributed by atoms with Gasteiger partial charge in [-0.3, -0.25) is 0 Å². The lowest BCUT2D eigenvalue weighted by atomic mass is 9.43. The van der Waals surface area contributed by atoms with Gasteiger partial charge in [0, 0.05) is 12.3 Å². The minimum absolute atomic E-state index is 0.0869. The molecule has 9 N–H and O–H groups in total. The van der Waals surface area contributed by atoms with E-state index in [4.69, 9.17) is 37.9 Å². The minimum Gasteiger partial charge on any atom is -0.394 e. The zero-order valence-electron chi connectivity index (χ0n) is 37.0. The highest BCUT2D eigenvalue weighted by molar-refractivity contribution is 5.16. The predicted octanol–water partition coefficient (Wildman–Crippen LogP) is 0.292. The fourth-order valence-electron chi connectivity index (χ4n) is 14.6. The summed E-state index contributed by atoms with van der Waals surface area (Å²) in [5.41, 5.74) is -0.0539. The fourth-order valence-corrected chi connectivity index (χ4v) is 14.6. The van der Waals surface area contributed by atoms with E-state index in [1.807, 2.05) is 0 Å². The van der Waals surface area contributed by atoms with Gasteiger partial charge in [-0.15, -0.1) is 0 Å². The second kappa shape index (κ2) is 17.1. The van der Waals surface area contributed by atoms with Crippen LogP contribution in [0, 0.1) is 52.3 Å². The van der Waals surface area contributed by atoms with Crippen molar-refractivity contribution in [2.75, 3.05) is 13.2 Å². The van der Waals surface area contributed by atoms with E-state index in [2.05, 4.69) is 27.7 Å². The van der Waals surface area contributed by atoms with Crippen molar-refractivity contribution in [3.63, 3.8) is 0 Å². The summed E-state index contributed by atoms with van der Waals surface area (Å²) < 4.78 is 50.0. The molecule has 62 heavy (non-hydrogen) atoms. The van der Waals surface area contributed by atoms with Crippen LogP contribution >= 0.6 is 0 Å². The van der Waals surface area contributed by atoms with Gasteiger partial charge >= 0.3 is 0 Å². The number of fused-ring (bicyclic) bond motifs is 7. The van der Waals surface area contributed by atoms with Gasteiger partial charge in [-0.05, 0) is 112 Å². The molecule has 28 unspecified atom stereocenters. The molecule has 5 heterocycles. The van der Waals surface area contributed by atoms with Gasteiger partial charge in [0.05, 0.1) is 43.7 Å². The summed E-state index contributed by atoms with van der Waals surface area (Å²) in [4.78, 5) is 0. The van der Waals surface area contributed by atoms with Crippen LogP contribution in [0.25, 0.3) is 0 Å². The first-order chi connectivity index (χ1) is 29.3. The molecular formula is C45H74O17. The minimum atomic E-state index is -1.73. The number of aliphatic hydroxyl groups excluding tert-OH is 9. The summed E-state index contributed by atoms with van der Waals surface area (Å²) in [6.07, 6.45) is -14.9. The maximum absolute atomic E-state index is 12.2. The molecule has 4 aliphatic carbocycles. The van der Waals surface area contributed by atoms with E-state index in [9.17, 15) is 46.0 Å². The Labute approximate surface area is 364 Å². The Morgan fingerprint density at radius 2 is 1.21 bits per heavy atom. The maximum Gasteiger partial charge on any atom is 0.187 e. The molecule has 9 rings (SSSR count). The van der Waals surface area contributed by atoms with Crippen molar-refractivity contribution in [1.29, 1.82) is 0 Å². The smallest absolute Gasteiger partial charge is 0.187 e. The molecule has 9 aliphatic rings. The molecule has 4 saturated carbocycles. The van der Waals surface area contributed by atoms with Crippen molar-refractivity contribution in [3.8, 4) is 0 Å². The zero-order valence-corrected chi connectivity index (χ0v) is 37.0. The monoisotopic (exact) mass is 886 g/mol. The Kier molecular flexibility index (Phi) is 12.8. The molecule has 5 saturated heterocycles. The third-order valence-electron chi connectivity index (χ3n) is 18.2. The van der Waals surface area contributed by atoms with E-state index >= 15 is 0 Å². The van der Waals surface area contributed by atoms with Gasteiger partial charge < -0.3 is 83.9 Å². The lowest BCUT2D eigenvalue weighted by Crippen LogP contribution is -2.66. The van der Waals surface area contributed by atoms with Crippen LogP contribution in [0.1, 0.15) is 99.3 Å². The van der Waals surface area contributed by atoms with Crippen LogP contribution < -0.4 is 0 Å². The van der Waals surface area contributed by atoms with E-state index < -0.39 is 117 Å². The van der Waals surface area contributed by atoms with Crippen molar-refractivity contribution in [2.45, 2.75) is 216 Å². The first-order valence-electron chi connectivity index (χ1n) is 23.6. The summed E-state index contributed by atoms with van der Waals surface area (Å²) in [5, 5.41) is 98.1. The largest absolute Gasteiger partial charge is 0.394 e. The Bertz CT molecular complexity index is 1570. The van der Waals surface area contributed by atoms with Gasteiger partial charge in [-0.25, -0.2) is 0 Å².